The van der Waals surface area contributed by atoms with Crippen molar-refractivity contribution in [2.75, 3.05) is 5.32 Å². The molecule has 1 heterocycles. The van der Waals surface area contributed by atoms with Crippen LogP contribution in [-0.4, -0.2) is 20.7 Å². The van der Waals surface area contributed by atoms with Gasteiger partial charge in [-0.15, -0.1) is 0 Å². The van der Waals surface area contributed by atoms with E-state index in [0.29, 0.717) is 22.8 Å². The Bertz CT molecular complexity index is 998. The molecule has 0 fully saturated rings. The molecule has 0 aliphatic heterocycles. The van der Waals surface area contributed by atoms with Gasteiger partial charge < -0.3 is 5.32 Å². The summed E-state index contributed by atoms with van der Waals surface area (Å²) in [6, 6.07) is 13.6. The van der Waals surface area contributed by atoms with Gasteiger partial charge in [0.25, 0.3) is 0 Å². The third kappa shape index (κ3) is 4.41. The number of nitrogens with zero attached hydrogens (tertiary/aromatic N) is 3. The molecule has 1 atom stereocenters. The molecule has 0 saturated carbocycles. The summed E-state index contributed by atoms with van der Waals surface area (Å²) in [4.78, 5) is 29.2. The van der Waals surface area contributed by atoms with E-state index in [9.17, 15) is 9.59 Å². The van der Waals surface area contributed by atoms with Crippen molar-refractivity contribution in [3.05, 3.63) is 75.8 Å². The molecule has 0 bridgehead atoms. The summed E-state index contributed by atoms with van der Waals surface area (Å²) < 4.78 is 1.11. The van der Waals surface area contributed by atoms with Crippen LogP contribution in [0.5, 0.6) is 0 Å². The van der Waals surface area contributed by atoms with Gasteiger partial charge in [0.2, 0.25) is 5.91 Å². The first kappa shape index (κ1) is 18.8. The van der Waals surface area contributed by atoms with Crippen LogP contribution < -0.4 is 11.0 Å². The van der Waals surface area contributed by atoms with E-state index in [2.05, 4.69) is 15.4 Å². The molecule has 0 saturated heterocycles. The zero-order valence-corrected chi connectivity index (χ0v) is 15.8. The molecule has 1 amide bonds. The fourth-order valence-electron chi connectivity index (χ4n) is 2.65. The summed E-state index contributed by atoms with van der Waals surface area (Å²) >= 11 is 5.85. The van der Waals surface area contributed by atoms with Crippen LogP contribution in [0.4, 0.5) is 5.69 Å². The van der Waals surface area contributed by atoms with Gasteiger partial charge >= 0.3 is 5.69 Å². The van der Waals surface area contributed by atoms with Gasteiger partial charge in [-0.3, -0.25) is 4.79 Å². The van der Waals surface area contributed by atoms with Crippen molar-refractivity contribution in [2.24, 2.45) is 0 Å². The minimum Gasteiger partial charge on any atom is -0.324 e. The second kappa shape index (κ2) is 8.14. The van der Waals surface area contributed by atoms with E-state index in [-0.39, 0.29) is 5.91 Å². The van der Waals surface area contributed by atoms with Crippen molar-refractivity contribution < 1.29 is 4.79 Å². The number of anilines is 1. The Labute approximate surface area is 161 Å². The minimum absolute atomic E-state index is 0.334. The molecule has 2 aromatic carbocycles. The number of benzene rings is 2. The van der Waals surface area contributed by atoms with Crippen LogP contribution in [0.3, 0.4) is 0 Å². The number of nitrogens with one attached hydrogen (secondary N) is 1. The van der Waals surface area contributed by atoms with Gasteiger partial charge in [-0.2, -0.15) is 10.1 Å². The lowest BCUT2D eigenvalue weighted by molar-refractivity contribution is -0.119. The number of amides is 1. The van der Waals surface area contributed by atoms with Gasteiger partial charge in [0.1, 0.15) is 6.04 Å². The second-order valence-electron chi connectivity index (χ2n) is 6.15. The first-order valence-electron chi connectivity index (χ1n) is 8.57. The van der Waals surface area contributed by atoms with Gasteiger partial charge in [0, 0.05) is 16.3 Å². The Morgan fingerprint density at radius 3 is 2.41 bits per heavy atom. The Hall–Kier alpha value is -2.99. The van der Waals surface area contributed by atoms with E-state index in [1.54, 1.807) is 24.3 Å². The van der Waals surface area contributed by atoms with Crippen LogP contribution in [-0.2, 0) is 4.79 Å². The Morgan fingerprint density at radius 1 is 1.15 bits per heavy atom. The van der Waals surface area contributed by atoms with E-state index in [1.807, 2.05) is 38.1 Å². The summed E-state index contributed by atoms with van der Waals surface area (Å²) in [5.74, 6) is -0.334. The monoisotopic (exact) mass is 382 g/mol. The van der Waals surface area contributed by atoms with E-state index >= 15 is 0 Å². The molecule has 0 radical (unpaired) electrons. The fourth-order valence-corrected chi connectivity index (χ4v) is 2.78. The summed E-state index contributed by atoms with van der Waals surface area (Å²) in [7, 11) is 0. The zero-order chi connectivity index (χ0) is 19.4. The molecule has 0 aliphatic carbocycles. The number of aryl methyl sites for hydroxylation is 1. The van der Waals surface area contributed by atoms with E-state index in [4.69, 9.17) is 11.6 Å². The number of rotatable bonds is 5. The molecule has 138 valence electrons. The van der Waals surface area contributed by atoms with Crippen LogP contribution in [0.25, 0.3) is 11.3 Å². The largest absolute Gasteiger partial charge is 0.365 e. The number of hydrogen-bond donors (Lipinski definition) is 1. The van der Waals surface area contributed by atoms with E-state index < -0.39 is 11.7 Å². The van der Waals surface area contributed by atoms with E-state index in [0.717, 1.165) is 15.8 Å². The molecule has 3 rings (SSSR count). The number of hydrogen-bond acceptors (Lipinski definition) is 4. The molecular formula is C20H19ClN4O2. The van der Waals surface area contributed by atoms with Crippen LogP contribution in [0.2, 0.25) is 5.02 Å². The minimum atomic E-state index is -0.757. The van der Waals surface area contributed by atoms with Crippen LogP contribution in [0, 0.1) is 6.92 Å². The van der Waals surface area contributed by atoms with Crippen molar-refractivity contribution in [2.45, 2.75) is 26.3 Å². The maximum atomic E-state index is 12.6. The van der Waals surface area contributed by atoms with Crippen molar-refractivity contribution in [1.82, 2.24) is 14.8 Å². The number of carbonyl (C=O) groups excluding carboxylic acids is 1. The standard InChI is InChI=1S/C20H19ClN4O2/c1-3-18(19(26)23-16-10-8-15(21)9-11-16)25-20(27)24-17(12-22-25)14-6-4-13(2)5-7-14/h4-12,18H,3H2,1-2H3,(H,23,26)/t18-/m1/s1. The quantitative estimate of drug-likeness (QED) is 0.726. The van der Waals surface area contributed by atoms with Gasteiger partial charge in [0.05, 0.1) is 11.9 Å². The number of halogens is 1. The van der Waals surface area contributed by atoms with Gasteiger partial charge in [-0.05, 0) is 37.6 Å². The topological polar surface area (TPSA) is 76.9 Å². The van der Waals surface area contributed by atoms with E-state index in [1.165, 1.54) is 6.20 Å². The summed E-state index contributed by atoms with van der Waals surface area (Å²) in [6.45, 7) is 3.80. The Kier molecular flexibility index (Phi) is 5.66. The molecule has 0 spiro atoms. The average Bonchev–Trinajstić information content (AvgIpc) is 2.66. The smallest absolute Gasteiger partial charge is 0.324 e. The lowest BCUT2D eigenvalue weighted by atomic mass is 10.1. The molecule has 7 heteroatoms. The highest BCUT2D eigenvalue weighted by molar-refractivity contribution is 6.30. The van der Waals surface area contributed by atoms with Crippen LogP contribution >= 0.6 is 11.6 Å². The third-order valence-corrected chi connectivity index (χ3v) is 4.41. The first-order chi connectivity index (χ1) is 13.0. The highest BCUT2D eigenvalue weighted by Crippen LogP contribution is 2.18. The van der Waals surface area contributed by atoms with Crippen molar-refractivity contribution >= 4 is 23.2 Å². The highest BCUT2D eigenvalue weighted by atomic mass is 35.5. The van der Waals surface area contributed by atoms with Crippen molar-refractivity contribution in [3.8, 4) is 11.3 Å². The molecule has 0 aliphatic rings. The Morgan fingerprint density at radius 2 is 1.81 bits per heavy atom. The molecule has 27 heavy (non-hydrogen) atoms. The predicted octanol–water partition coefficient (Wildman–Crippen LogP) is 3.86. The molecule has 1 aromatic heterocycles. The molecule has 1 N–H and O–H groups in total. The van der Waals surface area contributed by atoms with Crippen molar-refractivity contribution in [1.29, 1.82) is 0 Å². The van der Waals surface area contributed by atoms with Gasteiger partial charge in [-0.25, -0.2) is 9.48 Å². The third-order valence-electron chi connectivity index (χ3n) is 4.16. The van der Waals surface area contributed by atoms with Gasteiger partial charge in [-0.1, -0.05) is 48.4 Å². The second-order valence-corrected chi connectivity index (χ2v) is 6.59. The summed E-state index contributed by atoms with van der Waals surface area (Å²) in [5.41, 5.74) is 2.43. The first-order valence-corrected chi connectivity index (χ1v) is 8.95. The average molecular weight is 383 g/mol. The SMILES string of the molecule is CC[C@H](C(=O)Nc1ccc(Cl)cc1)n1ncc(-c2ccc(C)cc2)nc1=O. The van der Waals surface area contributed by atoms with Crippen LogP contribution in [0.1, 0.15) is 24.9 Å². The normalized spacial score (nSPS) is 11.8. The summed E-state index contributed by atoms with van der Waals surface area (Å²) in [6.07, 6.45) is 1.90. The molecular weight excluding hydrogens is 364 g/mol. The highest BCUT2D eigenvalue weighted by Gasteiger charge is 2.22. The molecule has 3 aromatic rings. The van der Waals surface area contributed by atoms with Gasteiger partial charge in [0.15, 0.2) is 0 Å². The Balaban J connectivity index is 1.84. The lowest BCUT2D eigenvalue weighted by Crippen LogP contribution is -2.36. The maximum absolute atomic E-state index is 12.6. The fraction of sp³-hybridized carbons (Fsp3) is 0.200. The lowest BCUT2D eigenvalue weighted by Gasteiger charge is -2.16. The maximum Gasteiger partial charge on any atom is 0.365 e. The number of carbonyl (C=O) groups is 1. The summed E-state index contributed by atoms with van der Waals surface area (Å²) in [5, 5.41) is 7.54. The zero-order valence-electron chi connectivity index (χ0n) is 15.0. The van der Waals surface area contributed by atoms with Crippen molar-refractivity contribution in [3.63, 3.8) is 0 Å². The van der Waals surface area contributed by atoms with Crippen LogP contribution in [0.15, 0.2) is 59.5 Å². The predicted molar refractivity (Wildman–Crippen MR) is 106 cm³/mol. The molecule has 6 nitrogen and oxygen atoms in total. The number of aromatic nitrogens is 3. The molecule has 0 unspecified atom stereocenters.